The van der Waals surface area contributed by atoms with Crippen LogP contribution in [0.1, 0.15) is 56.2 Å². The third kappa shape index (κ3) is 6.89. The zero-order valence-corrected chi connectivity index (χ0v) is 19.2. The summed E-state index contributed by atoms with van der Waals surface area (Å²) < 4.78 is 7.05. The molecule has 2 aromatic carbocycles. The van der Waals surface area contributed by atoms with Gasteiger partial charge >= 0.3 is 5.97 Å². The number of rotatable bonds is 11. The minimum atomic E-state index is -0.991. The van der Waals surface area contributed by atoms with Gasteiger partial charge in [-0.2, -0.15) is 0 Å². The van der Waals surface area contributed by atoms with Gasteiger partial charge in [0.15, 0.2) is 0 Å². The number of aliphatic carboxylic acids is 1. The monoisotopic (exact) mass is 511 g/mol. The molecule has 5 nitrogen and oxygen atoms in total. The number of ether oxygens (including phenoxy) is 1. The zero-order chi connectivity index (χ0) is 21.4. The molecule has 0 saturated heterocycles. The number of hydrogen-bond acceptors (Lipinski definition) is 4. The Hall–Kier alpha value is -1.80. The predicted molar refractivity (Wildman–Crippen MR) is 124 cm³/mol. The van der Waals surface area contributed by atoms with Gasteiger partial charge in [-0.1, -0.05) is 38.8 Å². The van der Waals surface area contributed by atoms with Crippen molar-refractivity contribution in [3.05, 3.63) is 50.6 Å². The fraction of sp³-hybridized carbons (Fsp3) is 0.435. The highest BCUT2D eigenvalue weighted by Crippen LogP contribution is 2.35. The van der Waals surface area contributed by atoms with E-state index in [0.717, 1.165) is 64.5 Å². The molecule has 0 aliphatic heterocycles. The summed E-state index contributed by atoms with van der Waals surface area (Å²) in [6.45, 7) is 4.29. The third-order valence-electron chi connectivity index (χ3n) is 4.81. The van der Waals surface area contributed by atoms with Crippen molar-refractivity contribution in [3.63, 3.8) is 0 Å². The van der Waals surface area contributed by atoms with Crippen LogP contribution < -0.4 is 10.5 Å². The van der Waals surface area contributed by atoms with E-state index in [1.54, 1.807) is 12.1 Å². The Balaban J connectivity index is 2.47. The first-order valence-corrected chi connectivity index (χ1v) is 11.2. The van der Waals surface area contributed by atoms with E-state index in [9.17, 15) is 15.0 Å². The molecule has 0 aliphatic carbocycles. The number of aryl methyl sites for hydroxylation is 2. The smallest absolute Gasteiger partial charge is 0.320 e. The summed E-state index contributed by atoms with van der Waals surface area (Å²) in [6, 6.07) is 8.37. The van der Waals surface area contributed by atoms with Gasteiger partial charge in [-0.3, -0.25) is 4.79 Å². The van der Waals surface area contributed by atoms with Gasteiger partial charge in [0.2, 0.25) is 0 Å². The summed E-state index contributed by atoms with van der Waals surface area (Å²) in [7, 11) is 0. The molecule has 0 heterocycles. The largest absolute Gasteiger partial charge is 0.507 e. The lowest BCUT2D eigenvalue weighted by Gasteiger charge is -2.19. The van der Waals surface area contributed by atoms with Crippen LogP contribution in [0.4, 0.5) is 0 Å². The molecule has 4 N–H and O–H groups in total. The highest BCUT2D eigenvalue weighted by Gasteiger charge is 2.18. The lowest BCUT2D eigenvalue weighted by atomic mass is 9.94. The number of benzene rings is 2. The second-order valence-corrected chi connectivity index (χ2v) is 8.48. The standard InChI is InChI=1S/C23H30INO4/c1-3-5-7-16-11-15(13-20(25)23(27)28)12-17(8-6-4-2)22(16)29-18-9-10-21(26)19(24)14-18/h9-12,14,20,26H,3-8,13,25H2,1-2H3,(H,27,28)/t20-/m0/s1. The number of nitrogens with two attached hydrogens (primary N) is 1. The number of carboxylic acids is 1. The average Bonchev–Trinajstić information content (AvgIpc) is 2.69. The first-order chi connectivity index (χ1) is 13.8. The maximum Gasteiger partial charge on any atom is 0.320 e. The molecule has 0 amide bonds. The maximum absolute atomic E-state index is 11.2. The van der Waals surface area contributed by atoms with Gasteiger partial charge < -0.3 is 20.7 Å². The Kier molecular flexibility index (Phi) is 9.23. The van der Waals surface area contributed by atoms with Crippen molar-refractivity contribution in [2.45, 2.75) is 64.8 Å². The summed E-state index contributed by atoms with van der Waals surface area (Å²) >= 11 is 2.08. The molecule has 0 aliphatic rings. The second-order valence-electron chi connectivity index (χ2n) is 7.31. The van der Waals surface area contributed by atoms with Gasteiger partial charge in [0.05, 0.1) is 3.57 Å². The fourth-order valence-corrected chi connectivity index (χ4v) is 3.68. The van der Waals surface area contributed by atoms with E-state index in [-0.39, 0.29) is 5.75 Å². The van der Waals surface area contributed by atoms with Gasteiger partial charge in [0.1, 0.15) is 23.3 Å². The molecule has 1 atom stereocenters. The van der Waals surface area contributed by atoms with Crippen molar-refractivity contribution in [1.82, 2.24) is 0 Å². The van der Waals surface area contributed by atoms with Crippen LogP contribution in [0, 0.1) is 3.57 Å². The van der Waals surface area contributed by atoms with Gasteiger partial charge in [-0.15, -0.1) is 0 Å². The lowest BCUT2D eigenvalue weighted by molar-refractivity contribution is -0.138. The number of halogens is 1. The van der Waals surface area contributed by atoms with Crippen LogP contribution in [-0.4, -0.2) is 22.2 Å². The molecule has 0 saturated carbocycles. The summed E-state index contributed by atoms with van der Waals surface area (Å²) in [5, 5.41) is 19.0. The van der Waals surface area contributed by atoms with Gasteiger partial charge in [-0.05, 0) is 89.6 Å². The van der Waals surface area contributed by atoms with E-state index in [1.165, 1.54) is 0 Å². The lowest BCUT2D eigenvalue weighted by Crippen LogP contribution is -2.32. The number of carboxylic acid groups (broad SMARTS) is 1. The molecule has 2 aromatic rings. The van der Waals surface area contributed by atoms with Gasteiger partial charge in [0, 0.05) is 0 Å². The van der Waals surface area contributed by atoms with Crippen molar-refractivity contribution >= 4 is 28.6 Å². The molecule has 158 valence electrons. The molecule has 0 radical (unpaired) electrons. The second kappa shape index (κ2) is 11.4. The van der Waals surface area contributed by atoms with Crippen molar-refractivity contribution in [1.29, 1.82) is 0 Å². The Bertz CT molecular complexity index is 809. The van der Waals surface area contributed by atoms with Crippen LogP contribution in [0.15, 0.2) is 30.3 Å². The number of phenolic OH excluding ortho intramolecular Hbond substituents is 1. The summed E-state index contributed by atoms with van der Waals surface area (Å²) in [4.78, 5) is 11.2. The van der Waals surface area contributed by atoms with Crippen LogP contribution in [0.25, 0.3) is 0 Å². The number of carbonyl (C=O) groups is 1. The molecular formula is C23H30INO4. The molecular weight excluding hydrogens is 481 g/mol. The van der Waals surface area contributed by atoms with Crippen molar-refractivity contribution in [3.8, 4) is 17.2 Å². The SMILES string of the molecule is CCCCc1cc(C[C@H](N)C(=O)O)cc(CCCC)c1Oc1ccc(O)c(I)c1. The molecule has 0 aromatic heterocycles. The normalized spacial score (nSPS) is 12.0. The molecule has 2 rings (SSSR count). The fourth-order valence-electron chi connectivity index (χ4n) is 3.19. The average molecular weight is 511 g/mol. The topological polar surface area (TPSA) is 92.8 Å². The van der Waals surface area contributed by atoms with E-state index in [1.807, 2.05) is 18.2 Å². The molecule has 0 spiro atoms. The van der Waals surface area contributed by atoms with E-state index in [4.69, 9.17) is 10.5 Å². The van der Waals surface area contributed by atoms with Crippen molar-refractivity contribution in [2.75, 3.05) is 0 Å². The van der Waals surface area contributed by atoms with Crippen LogP contribution in [0.3, 0.4) is 0 Å². The highest BCUT2D eigenvalue weighted by atomic mass is 127. The maximum atomic E-state index is 11.2. The summed E-state index contributed by atoms with van der Waals surface area (Å²) in [5.41, 5.74) is 8.88. The molecule has 29 heavy (non-hydrogen) atoms. The first kappa shape index (κ1) is 23.5. The van der Waals surface area contributed by atoms with Crippen LogP contribution in [0.5, 0.6) is 17.2 Å². The summed E-state index contributed by atoms with van der Waals surface area (Å²) in [6.07, 6.45) is 6.16. The Morgan fingerprint density at radius 3 is 2.17 bits per heavy atom. The summed E-state index contributed by atoms with van der Waals surface area (Å²) in [5.74, 6) is 0.765. The third-order valence-corrected chi connectivity index (χ3v) is 5.68. The minimum absolute atomic E-state index is 0.230. The number of phenols is 1. The first-order valence-electron chi connectivity index (χ1n) is 10.1. The van der Waals surface area contributed by atoms with Crippen LogP contribution in [0.2, 0.25) is 0 Å². The zero-order valence-electron chi connectivity index (χ0n) is 17.1. The minimum Gasteiger partial charge on any atom is -0.507 e. The Morgan fingerprint density at radius 2 is 1.69 bits per heavy atom. The molecule has 0 unspecified atom stereocenters. The van der Waals surface area contributed by atoms with Gasteiger partial charge in [-0.25, -0.2) is 0 Å². The van der Waals surface area contributed by atoms with E-state index in [2.05, 4.69) is 36.4 Å². The predicted octanol–water partition coefficient (Wildman–Crippen LogP) is 5.43. The Labute approximate surface area is 186 Å². The number of aromatic hydroxyl groups is 1. The van der Waals surface area contributed by atoms with Crippen LogP contribution >= 0.6 is 22.6 Å². The molecule has 0 fully saturated rings. The highest BCUT2D eigenvalue weighted by molar-refractivity contribution is 14.1. The van der Waals surface area contributed by atoms with Crippen LogP contribution in [-0.2, 0) is 24.1 Å². The van der Waals surface area contributed by atoms with E-state index >= 15 is 0 Å². The van der Waals surface area contributed by atoms with Crippen molar-refractivity contribution < 1.29 is 19.7 Å². The number of unbranched alkanes of at least 4 members (excludes halogenated alkanes) is 2. The molecule has 6 heteroatoms. The van der Waals surface area contributed by atoms with E-state index in [0.29, 0.717) is 12.2 Å². The Morgan fingerprint density at radius 1 is 1.10 bits per heavy atom. The van der Waals surface area contributed by atoms with Crippen molar-refractivity contribution in [2.24, 2.45) is 5.73 Å². The van der Waals surface area contributed by atoms with E-state index < -0.39 is 12.0 Å². The number of hydrogen-bond donors (Lipinski definition) is 3. The molecule has 0 bridgehead atoms. The van der Waals surface area contributed by atoms with Gasteiger partial charge in [0.25, 0.3) is 0 Å². The quantitative estimate of drug-likeness (QED) is 0.350.